The van der Waals surface area contributed by atoms with Crippen LogP contribution in [0.2, 0.25) is 5.02 Å². The van der Waals surface area contributed by atoms with E-state index in [2.05, 4.69) is 4.98 Å². The van der Waals surface area contributed by atoms with Crippen LogP contribution in [0.4, 0.5) is 0 Å². The molecule has 3 aromatic rings. The van der Waals surface area contributed by atoms with Gasteiger partial charge in [0.2, 0.25) is 10.0 Å². The van der Waals surface area contributed by atoms with Crippen LogP contribution in [-0.4, -0.2) is 39.9 Å². The molecule has 26 heavy (non-hydrogen) atoms. The second-order valence-corrected chi connectivity index (χ2v) is 8.70. The van der Waals surface area contributed by atoms with E-state index in [1.54, 1.807) is 36.0 Å². The van der Waals surface area contributed by atoms with Crippen LogP contribution < -0.4 is 5.69 Å². The summed E-state index contributed by atoms with van der Waals surface area (Å²) in [5.41, 5.74) is 1.12. The predicted molar refractivity (Wildman–Crippen MR) is 98.8 cm³/mol. The molecule has 0 saturated carbocycles. The number of benzene rings is 1. The Morgan fingerprint density at radius 2 is 2.04 bits per heavy atom. The molecule has 3 heterocycles. The Balaban J connectivity index is 1.70. The SMILES string of the molecule is Cn1c(=O)n([C@@H]2CCN(S(=O)(=O)c3cccc(Cl)c3)C2)c2ncccc21. The average Bonchev–Trinajstić information content (AvgIpc) is 3.20. The summed E-state index contributed by atoms with van der Waals surface area (Å²) in [7, 11) is -1.96. The zero-order valence-electron chi connectivity index (χ0n) is 14.0. The Hall–Kier alpha value is -2.16. The van der Waals surface area contributed by atoms with E-state index in [0.29, 0.717) is 23.6 Å². The molecule has 0 radical (unpaired) electrons. The van der Waals surface area contributed by atoms with Crippen molar-refractivity contribution in [2.45, 2.75) is 17.4 Å². The molecule has 1 aromatic carbocycles. The molecule has 9 heteroatoms. The number of sulfonamides is 1. The number of halogens is 1. The molecule has 1 aliphatic heterocycles. The number of aryl methyl sites for hydroxylation is 1. The standard InChI is InChI=1S/C17H17ClN4O3S/c1-20-15-6-3-8-19-16(15)22(17(20)23)13-7-9-21(11-13)26(24,25)14-5-2-4-12(18)10-14/h2-6,8,10,13H,7,9,11H2,1H3/t13-/m1/s1. The van der Waals surface area contributed by atoms with Gasteiger partial charge in [-0.25, -0.2) is 18.2 Å². The fourth-order valence-corrected chi connectivity index (χ4v) is 5.23. The largest absolute Gasteiger partial charge is 0.330 e. The first-order chi connectivity index (χ1) is 12.4. The molecular formula is C17H17ClN4O3S. The van der Waals surface area contributed by atoms with Gasteiger partial charge in [0.25, 0.3) is 0 Å². The highest BCUT2D eigenvalue weighted by atomic mass is 35.5. The third kappa shape index (κ3) is 2.65. The number of hydrogen-bond acceptors (Lipinski definition) is 4. The number of pyridine rings is 1. The van der Waals surface area contributed by atoms with Crippen molar-refractivity contribution in [2.75, 3.05) is 13.1 Å². The molecule has 1 fully saturated rings. The highest BCUT2D eigenvalue weighted by molar-refractivity contribution is 7.89. The minimum Gasteiger partial charge on any atom is -0.293 e. The van der Waals surface area contributed by atoms with Gasteiger partial charge in [0.15, 0.2) is 5.65 Å². The lowest BCUT2D eigenvalue weighted by molar-refractivity contribution is 0.449. The maximum atomic E-state index is 12.9. The number of nitrogens with zero attached hydrogens (tertiary/aromatic N) is 4. The summed E-state index contributed by atoms with van der Waals surface area (Å²) in [5, 5.41) is 0.372. The van der Waals surface area contributed by atoms with Crippen molar-refractivity contribution in [3.63, 3.8) is 0 Å². The minimum atomic E-state index is -3.66. The van der Waals surface area contributed by atoms with Crippen molar-refractivity contribution in [1.29, 1.82) is 0 Å². The zero-order chi connectivity index (χ0) is 18.5. The fourth-order valence-electron chi connectivity index (χ4n) is 3.44. The summed E-state index contributed by atoms with van der Waals surface area (Å²) in [6.07, 6.45) is 2.18. The van der Waals surface area contributed by atoms with Crippen LogP contribution in [0.3, 0.4) is 0 Å². The van der Waals surface area contributed by atoms with E-state index in [1.807, 2.05) is 6.07 Å². The van der Waals surface area contributed by atoms with Crippen LogP contribution in [0.5, 0.6) is 0 Å². The van der Waals surface area contributed by atoms with E-state index >= 15 is 0 Å². The summed E-state index contributed by atoms with van der Waals surface area (Å²) in [6, 6.07) is 9.56. The Bertz CT molecular complexity index is 1150. The molecule has 0 N–H and O–H groups in total. The second-order valence-electron chi connectivity index (χ2n) is 6.32. The maximum absolute atomic E-state index is 12.9. The second kappa shape index (κ2) is 6.22. The van der Waals surface area contributed by atoms with Crippen molar-refractivity contribution < 1.29 is 8.42 Å². The van der Waals surface area contributed by atoms with Crippen molar-refractivity contribution >= 4 is 32.8 Å². The van der Waals surface area contributed by atoms with Crippen LogP contribution in [0, 0.1) is 0 Å². The molecular weight excluding hydrogens is 376 g/mol. The molecule has 4 rings (SSSR count). The fraction of sp³-hybridized carbons (Fsp3) is 0.294. The number of aromatic nitrogens is 3. The van der Waals surface area contributed by atoms with E-state index < -0.39 is 10.0 Å². The van der Waals surface area contributed by atoms with Gasteiger partial charge in [-0.05, 0) is 36.8 Å². The van der Waals surface area contributed by atoms with Crippen molar-refractivity contribution in [3.8, 4) is 0 Å². The first kappa shape index (κ1) is 17.3. The van der Waals surface area contributed by atoms with Gasteiger partial charge in [-0.15, -0.1) is 0 Å². The van der Waals surface area contributed by atoms with Gasteiger partial charge >= 0.3 is 5.69 Å². The highest BCUT2D eigenvalue weighted by Crippen LogP contribution is 2.29. The topological polar surface area (TPSA) is 77.2 Å². The molecule has 1 saturated heterocycles. The van der Waals surface area contributed by atoms with E-state index in [9.17, 15) is 13.2 Å². The molecule has 136 valence electrons. The Morgan fingerprint density at radius 3 is 2.81 bits per heavy atom. The lowest BCUT2D eigenvalue weighted by atomic mass is 10.2. The van der Waals surface area contributed by atoms with Gasteiger partial charge in [-0.1, -0.05) is 17.7 Å². The van der Waals surface area contributed by atoms with Crippen molar-refractivity contribution in [3.05, 3.63) is 58.1 Å². The molecule has 1 aliphatic rings. The average molecular weight is 393 g/mol. The van der Waals surface area contributed by atoms with Crippen molar-refractivity contribution in [2.24, 2.45) is 7.05 Å². The van der Waals surface area contributed by atoms with Crippen LogP contribution in [-0.2, 0) is 17.1 Å². The lowest BCUT2D eigenvalue weighted by Crippen LogP contribution is -2.31. The summed E-state index contributed by atoms with van der Waals surface area (Å²) in [4.78, 5) is 17.1. The molecule has 0 spiro atoms. The van der Waals surface area contributed by atoms with Gasteiger partial charge < -0.3 is 0 Å². The molecule has 2 aromatic heterocycles. The first-order valence-electron chi connectivity index (χ1n) is 8.17. The third-order valence-electron chi connectivity index (χ3n) is 4.77. The maximum Gasteiger partial charge on any atom is 0.330 e. The van der Waals surface area contributed by atoms with Gasteiger partial charge in [-0.3, -0.25) is 9.13 Å². The van der Waals surface area contributed by atoms with Crippen LogP contribution in [0.15, 0.2) is 52.3 Å². The summed E-state index contributed by atoms with van der Waals surface area (Å²) < 4.78 is 30.3. The van der Waals surface area contributed by atoms with E-state index in [-0.39, 0.29) is 23.2 Å². The Kier molecular flexibility index (Phi) is 4.13. The van der Waals surface area contributed by atoms with Crippen LogP contribution >= 0.6 is 11.6 Å². The normalized spacial score (nSPS) is 18.6. The van der Waals surface area contributed by atoms with E-state index in [1.165, 1.54) is 21.0 Å². The van der Waals surface area contributed by atoms with Gasteiger partial charge in [0, 0.05) is 31.4 Å². The number of imidazole rings is 1. The summed E-state index contributed by atoms with van der Waals surface area (Å²) >= 11 is 5.93. The zero-order valence-corrected chi connectivity index (χ0v) is 15.6. The number of rotatable bonds is 3. The Morgan fingerprint density at radius 1 is 1.23 bits per heavy atom. The van der Waals surface area contributed by atoms with Crippen LogP contribution in [0.1, 0.15) is 12.5 Å². The molecule has 0 amide bonds. The molecule has 7 nitrogen and oxygen atoms in total. The number of fused-ring (bicyclic) bond motifs is 1. The number of hydrogen-bond donors (Lipinski definition) is 0. The van der Waals surface area contributed by atoms with Crippen molar-refractivity contribution in [1.82, 2.24) is 18.4 Å². The first-order valence-corrected chi connectivity index (χ1v) is 9.99. The predicted octanol–water partition coefficient (Wildman–Crippen LogP) is 2.02. The smallest absolute Gasteiger partial charge is 0.293 e. The minimum absolute atomic E-state index is 0.161. The third-order valence-corrected chi connectivity index (χ3v) is 6.87. The van der Waals surface area contributed by atoms with Gasteiger partial charge in [0.1, 0.15) is 0 Å². The molecule has 0 unspecified atom stereocenters. The molecule has 0 bridgehead atoms. The van der Waals surface area contributed by atoms with Gasteiger partial charge in [0.05, 0.1) is 16.5 Å². The monoisotopic (exact) mass is 392 g/mol. The molecule has 1 atom stereocenters. The van der Waals surface area contributed by atoms with Crippen LogP contribution in [0.25, 0.3) is 11.2 Å². The summed E-state index contributed by atoms with van der Waals surface area (Å²) in [5.74, 6) is 0. The molecule has 0 aliphatic carbocycles. The lowest BCUT2D eigenvalue weighted by Gasteiger charge is -2.17. The Labute approximate surface area is 155 Å². The summed E-state index contributed by atoms with van der Waals surface area (Å²) in [6.45, 7) is 0.569. The van der Waals surface area contributed by atoms with E-state index in [4.69, 9.17) is 11.6 Å². The quantitative estimate of drug-likeness (QED) is 0.683. The highest BCUT2D eigenvalue weighted by Gasteiger charge is 2.35. The van der Waals surface area contributed by atoms with Gasteiger partial charge in [-0.2, -0.15) is 4.31 Å². The van der Waals surface area contributed by atoms with E-state index in [0.717, 1.165) is 5.52 Å².